The van der Waals surface area contributed by atoms with Crippen molar-refractivity contribution in [2.24, 2.45) is 0 Å². The third kappa shape index (κ3) is 3.73. The van der Waals surface area contributed by atoms with Gasteiger partial charge in [0.25, 0.3) is 0 Å². The number of nitriles is 1. The van der Waals surface area contributed by atoms with Crippen molar-refractivity contribution in [1.82, 2.24) is 25.1 Å². The van der Waals surface area contributed by atoms with Gasteiger partial charge in [-0.3, -0.25) is 9.89 Å². The van der Waals surface area contributed by atoms with Gasteiger partial charge in [0, 0.05) is 42.0 Å². The number of aliphatic hydroxyl groups is 1. The molecule has 4 rings (SSSR count). The number of carbonyl (C=O) groups is 1. The smallest absolute Gasteiger partial charge is 0.248 e. The summed E-state index contributed by atoms with van der Waals surface area (Å²) in [4.78, 5) is 21.9. The zero-order valence-corrected chi connectivity index (χ0v) is 15.7. The first-order valence-electron chi connectivity index (χ1n) is 9.45. The van der Waals surface area contributed by atoms with Gasteiger partial charge in [0.1, 0.15) is 18.6 Å². The number of rotatable bonds is 4. The van der Waals surface area contributed by atoms with E-state index < -0.39 is 6.61 Å². The van der Waals surface area contributed by atoms with Gasteiger partial charge in [0.15, 0.2) is 0 Å². The Bertz CT molecular complexity index is 1030. The number of nitrogens with one attached hydrogen (secondary N) is 1. The number of piperidine rings is 1. The Hall–Kier alpha value is -3.57. The molecular weight excluding hydrogens is 368 g/mol. The van der Waals surface area contributed by atoms with Gasteiger partial charge in [-0.2, -0.15) is 10.4 Å². The van der Waals surface area contributed by atoms with Crippen molar-refractivity contribution >= 4 is 5.91 Å². The number of H-pyrrole nitrogens is 1. The van der Waals surface area contributed by atoms with Crippen LogP contribution in [0.15, 0.2) is 42.9 Å². The predicted molar refractivity (Wildman–Crippen MR) is 105 cm³/mol. The molecule has 29 heavy (non-hydrogen) atoms. The molecule has 0 atom stereocenters. The SMILES string of the molecule is N#Cc1ccc(-c2n[nH]c(C3CCN(C(=O)CO)CC3)c2-c2ccncn2)cc1. The summed E-state index contributed by atoms with van der Waals surface area (Å²) < 4.78 is 0. The molecule has 1 aromatic carbocycles. The number of aromatic amines is 1. The molecule has 0 radical (unpaired) electrons. The highest BCUT2D eigenvalue weighted by Gasteiger charge is 2.29. The van der Waals surface area contributed by atoms with Gasteiger partial charge in [-0.15, -0.1) is 0 Å². The third-order valence-corrected chi connectivity index (χ3v) is 5.31. The van der Waals surface area contributed by atoms with E-state index in [1.807, 2.05) is 18.2 Å². The van der Waals surface area contributed by atoms with Crippen molar-refractivity contribution in [1.29, 1.82) is 5.26 Å². The molecule has 0 saturated carbocycles. The van der Waals surface area contributed by atoms with Crippen LogP contribution in [0.4, 0.5) is 0 Å². The Kier molecular flexibility index (Phi) is 5.31. The molecule has 8 nitrogen and oxygen atoms in total. The van der Waals surface area contributed by atoms with E-state index in [-0.39, 0.29) is 11.8 Å². The molecule has 0 aliphatic carbocycles. The average Bonchev–Trinajstić information content (AvgIpc) is 3.24. The molecule has 0 unspecified atom stereocenters. The maximum atomic E-state index is 11.8. The highest BCUT2D eigenvalue weighted by Crippen LogP contribution is 2.38. The van der Waals surface area contributed by atoms with E-state index in [0.717, 1.165) is 41.1 Å². The van der Waals surface area contributed by atoms with Crippen LogP contribution < -0.4 is 0 Å². The molecule has 0 bridgehead atoms. The number of carbonyl (C=O) groups excluding carboxylic acids is 1. The summed E-state index contributed by atoms with van der Waals surface area (Å²) in [6, 6.07) is 11.3. The fraction of sp³-hybridized carbons (Fsp3) is 0.286. The first kappa shape index (κ1) is 18.8. The van der Waals surface area contributed by atoms with Crippen LogP contribution in [0.25, 0.3) is 22.5 Å². The van der Waals surface area contributed by atoms with E-state index in [4.69, 9.17) is 10.4 Å². The fourth-order valence-corrected chi connectivity index (χ4v) is 3.78. The average molecular weight is 388 g/mol. The molecule has 146 valence electrons. The van der Waals surface area contributed by atoms with E-state index in [0.29, 0.717) is 18.7 Å². The lowest BCUT2D eigenvalue weighted by atomic mass is 9.88. The minimum Gasteiger partial charge on any atom is -0.387 e. The molecule has 3 aromatic rings. The van der Waals surface area contributed by atoms with Gasteiger partial charge >= 0.3 is 0 Å². The molecule has 8 heteroatoms. The van der Waals surface area contributed by atoms with Gasteiger partial charge < -0.3 is 10.0 Å². The van der Waals surface area contributed by atoms with Crippen molar-refractivity contribution in [2.75, 3.05) is 19.7 Å². The third-order valence-electron chi connectivity index (χ3n) is 5.31. The highest BCUT2D eigenvalue weighted by molar-refractivity contribution is 5.81. The van der Waals surface area contributed by atoms with E-state index in [1.54, 1.807) is 23.2 Å². The standard InChI is InChI=1S/C21H20N6O2/c22-11-14-1-3-15(4-2-14)20-19(17-5-8-23-13-24-17)21(26-25-20)16-6-9-27(10-7-16)18(29)12-28/h1-5,8,13,16,28H,6-7,9-10,12H2,(H,25,26). The molecule has 1 amide bonds. The molecule has 1 fully saturated rings. The molecule has 2 aromatic heterocycles. The van der Waals surface area contributed by atoms with Crippen LogP contribution in [0.3, 0.4) is 0 Å². The number of benzene rings is 1. The maximum Gasteiger partial charge on any atom is 0.248 e. The number of nitrogens with zero attached hydrogens (tertiary/aromatic N) is 5. The topological polar surface area (TPSA) is 119 Å². The second kappa shape index (κ2) is 8.20. The molecule has 1 aliphatic rings. The van der Waals surface area contributed by atoms with Crippen molar-refractivity contribution in [3.63, 3.8) is 0 Å². The summed E-state index contributed by atoms with van der Waals surface area (Å²) in [6.45, 7) is 0.737. The van der Waals surface area contributed by atoms with Crippen molar-refractivity contribution < 1.29 is 9.90 Å². The molecule has 2 N–H and O–H groups in total. The second-order valence-corrected chi connectivity index (χ2v) is 6.96. The first-order chi connectivity index (χ1) is 14.2. The maximum absolute atomic E-state index is 11.8. The normalized spacial score (nSPS) is 14.6. The number of likely N-dealkylation sites (tertiary alicyclic amines) is 1. The molecular formula is C21H20N6O2. The van der Waals surface area contributed by atoms with Gasteiger partial charge in [-0.1, -0.05) is 12.1 Å². The largest absolute Gasteiger partial charge is 0.387 e. The van der Waals surface area contributed by atoms with Crippen molar-refractivity contribution in [3.8, 4) is 28.6 Å². The summed E-state index contributed by atoms with van der Waals surface area (Å²) >= 11 is 0. The number of hydrogen-bond acceptors (Lipinski definition) is 6. The number of aliphatic hydroxyl groups excluding tert-OH is 1. The summed E-state index contributed by atoms with van der Waals surface area (Å²) in [5, 5.41) is 25.9. The van der Waals surface area contributed by atoms with Gasteiger partial charge in [-0.25, -0.2) is 9.97 Å². The van der Waals surface area contributed by atoms with E-state index >= 15 is 0 Å². The zero-order chi connectivity index (χ0) is 20.2. The predicted octanol–water partition coefficient (Wildman–Crippen LogP) is 2.10. The number of aromatic nitrogens is 4. The second-order valence-electron chi connectivity index (χ2n) is 6.96. The van der Waals surface area contributed by atoms with Crippen LogP contribution >= 0.6 is 0 Å². The van der Waals surface area contributed by atoms with Crippen LogP contribution in [0.5, 0.6) is 0 Å². The first-order valence-corrected chi connectivity index (χ1v) is 9.45. The minimum absolute atomic E-state index is 0.197. The Morgan fingerprint density at radius 1 is 1.24 bits per heavy atom. The Labute approximate surface area is 167 Å². The van der Waals surface area contributed by atoms with Crippen LogP contribution in [-0.2, 0) is 4.79 Å². The molecule has 0 spiro atoms. The van der Waals surface area contributed by atoms with Gasteiger partial charge in [0.2, 0.25) is 5.91 Å². The summed E-state index contributed by atoms with van der Waals surface area (Å²) in [5.74, 6) is -0.0373. The fourth-order valence-electron chi connectivity index (χ4n) is 3.78. The molecule has 1 aliphatic heterocycles. The van der Waals surface area contributed by atoms with Crippen molar-refractivity contribution in [3.05, 3.63) is 54.1 Å². The highest BCUT2D eigenvalue weighted by atomic mass is 16.3. The summed E-state index contributed by atoms with van der Waals surface area (Å²) in [6.07, 6.45) is 4.76. The van der Waals surface area contributed by atoms with E-state index in [1.165, 1.54) is 6.33 Å². The van der Waals surface area contributed by atoms with Crippen molar-refractivity contribution in [2.45, 2.75) is 18.8 Å². The molecule has 1 saturated heterocycles. The van der Waals surface area contributed by atoms with E-state index in [2.05, 4.69) is 26.2 Å². The minimum atomic E-state index is -0.455. The van der Waals surface area contributed by atoms with Crippen LogP contribution in [-0.4, -0.2) is 55.8 Å². The lowest BCUT2D eigenvalue weighted by molar-refractivity contribution is -0.135. The molecule has 3 heterocycles. The zero-order valence-electron chi connectivity index (χ0n) is 15.7. The van der Waals surface area contributed by atoms with Crippen LogP contribution in [0.2, 0.25) is 0 Å². The van der Waals surface area contributed by atoms with Crippen LogP contribution in [0, 0.1) is 11.3 Å². The lowest BCUT2D eigenvalue weighted by Gasteiger charge is -2.31. The number of amides is 1. The summed E-state index contributed by atoms with van der Waals surface area (Å²) in [7, 11) is 0. The monoisotopic (exact) mass is 388 g/mol. The number of hydrogen-bond donors (Lipinski definition) is 2. The summed E-state index contributed by atoms with van der Waals surface area (Å²) in [5.41, 5.74) is 4.94. The lowest BCUT2D eigenvalue weighted by Crippen LogP contribution is -2.39. The Morgan fingerprint density at radius 2 is 2.00 bits per heavy atom. The van der Waals surface area contributed by atoms with Crippen LogP contribution in [0.1, 0.15) is 30.0 Å². The quantitative estimate of drug-likeness (QED) is 0.706. The van der Waals surface area contributed by atoms with E-state index in [9.17, 15) is 4.79 Å². The Morgan fingerprint density at radius 3 is 2.62 bits per heavy atom. The Balaban J connectivity index is 1.71. The van der Waals surface area contributed by atoms with Gasteiger partial charge in [-0.05, 0) is 31.0 Å². The van der Waals surface area contributed by atoms with Gasteiger partial charge in [0.05, 0.1) is 17.3 Å².